The van der Waals surface area contributed by atoms with E-state index in [0.717, 1.165) is 6.42 Å². The van der Waals surface area contributed by atoms with E-state index in [4.69, 9.17) is 10.5 Å². The molecule has 0 saturated heterocycles. The molecule has 1 unspecified atom stereocenters. The number of rotatable bonds is 7. The number of carbonyl (C=O) groups excluding carboxylic acids is 1. The maximum Gasteiger partial charge on any atom is 0.251 e. The minimum atomic E-state index is -0.155. The van der Waals surface area contributed by atoms with Crippen LogP contribution in [0.4, 0.5) is 0 Å². The lowest BCUT2D eigenvalue weighted by Crippen LogP contribution is -2.38. The lowest BCUT2D eigenvalue weighted by Gasteiger charge is -2.11. The molecular weight excluding hydrogens is 268 g/mol. The van der Waals surface area contributed by atoms with Crippen molar-refractivity contribution in [1.82, 2.24) is 10.6 Å². The van der Waals surface area contributed by atoms with Gasteiger partial charge >= 0.3 is 0 Å². The molecule has 4 N–H and O–H groups in total. The number of benzene rings is 1. The van der Waals surface area contributed by atoms with Crippen molar-refractivity contribution in [3.63, 3.8) is 0 Å². The van der Waals surface area contributed by atoms with Gasteiger partial charge in [-0.3, -0.25) is 9.79 Å². The number of methoxy groups -OCH3 is 1. The van der Waals surface area contributed by atoms with E-state index in [1.807, 2.05) is 6.92 Å². The third-order valence-electron chi connectivity index (χ3n) is 3.02. The Hall–Kier alpha value is -2.24. The number of ether oxygens (including phenoxy) is 1. The number of nitrogens with zero attached hydrogens (tertiary/aromatic N) is 1. The number of hydrogen-bond donors (Lipinski definition) is 3. The van der Waals surface area contributed by atoms with E-state index in [1.54, 1.807) is 31.4 Å². The highest BCUT2D eigenvalue weighted by Gasteiger charge is 2.05. The van der Waals surface area contributed by atoms with Crippen molar-refractivity contribution in [2.75, 3.05) is 20.2 Å². The number of hydrogen-bond acceptors (Lipinski definition) is 3. The van der Waals surface area contributed by atoms with Gasteiger partial charge in [0, 0.05) is 18.2 Å². The molecule has 0 aromatic heterocycles. The van der Waals surface area contributed by atoms with Gasteiger partial charge in [0.05, 0.1) is 13.7 Å². The summed E-state index contributed by atoms with van der Waals surface area (Å²) in [4.78, 5) is 16.1. The second kappa shape index (κ2) is 8.84. The summed E-state index contributed by atoms with van der Waals surface area (Å²) in [6.45, 7) is 4.97. The normalized spacial score (nSPS) is 12.6. The molecule has 1 aromatic carbocycles. The molecule has 1 aromatic rings. The number of nitrogens with one attached hydrogen (secondary N) is 2. The monoisotopic (exact) mass is 292 g/mol. The summed E-state index contributed by atoms with van der Waals surface area (Å²) < 4.78 is 5.08. The molecular formula is C15H24N4O2. The first-order chi connectivity index (χ1) is 10.1. The zero-order valence-corrected chi connectivity index (χ0v) is 12.8. The minimum Gasteiger partial charge on any atom is -0.497 e. The number of guanidine groups is 1. The van der Waals surface area contributed by atoms with E-state index in [0.29, 0.717) is 36.4 Å². The molecule has 1 amide bonds. The number of nitrogens with two attached hydrogens (primary N) is 1. The Labute approximate surface area is 125 Å². The summed E-state index contributed by atoms with van der Waals surface area (Å²) in [5, 5.41) is 5.85. The van der Waals surface area contributed by atoms with E-state index in [-0.39, 0.29) is 5.91 Å². The van der Waals surface area contributed by atoms with Crippen molar-refractivity contribution in [1.29, 1.82) is 0 Å². The zero-order valence-electron chi connectivity index (χ0n) is 12.8. The molecule has 0 fully saturated rings. The Bertz CT molecular complexity index is 488. The van der Waals surface area contributed by atoms with Gasteiger partial charge in [-0.25, -0.2) is 0 Å². The molecule has 21 heavy (non-hydrogen) atoms. The third kappa shape index (κ3) is 6.16. The van der Waals surface area contributed by atoms with Gasteiger partial charge in [-0.05, 0) is 31.5 Å². The highest BCUT2D eigenvalue weighted by atomic mass is 16.5. The van der Waals surface area contributed by atoms with Crippen LogP contribution >= 0.6 is 0 Å². The highest BCUT2D eigenvalue weighted by molar-refractivity contribution is 5.94. The van der Waals surface area contributed by atoms with Crippen LogP contribution in [0.15, 0.2) is 29.3 Å². The standard InChI is InChI=1S/C15H24N4O2/c1-4-11(2)19-15(16)18-9-8-17-14(20)12-6-5-7-13(10-12)21-3/h5-7,10-11H,4,8-9H2,1-3H3,(H,17,20)(H3,16,18,19). The molecule has 1 atom stereocenters. The summed E-state index contributed by atoms with van der Waals surface area (Å²) >= 11 is 0. The van der Waals surface area contributed by atoms with Crippen LogP contribution in [-0.2, 0) is 0 Å². The van der Waals surface area contributed by atoms with Gasteiger partial charge in [0.2, 0.25) is 0 Å². The molecule has 0 saturated carbocycles. The first-order valence-electron chi connectivity index (χ1n) is 7.05. The fourth-order valence-electron chi connectivity index (χ4n) is 1.61. The summed E-state index contributed by atoms with van der Waals surface area (Å²) in [7, 11) is 1.57. The lowest BCUT2D eigenvalue weighted by molar-refractivity contribution is 0.0954. The van der Waals surface area contributed by atoms with E-state index in [1.165, 1.54) is 0 Å². The molecule has 0 bridgehead atoms. The van der Waals surface area contributed by atoms with Gasteiger partial charge in [-0.1, -0.05) is 13.0 Å². The van der Waals surface area contributed by atoms with Gasteiger partial charge in [0.25, 0.3) is 5.91 Å². The third-order valence-corrected chi connectivity index (χ3v) is 3.02. The maximum absolute atomic E-state index is 11.9. The van der Waals surface area contributed by atoms with Gasteiger partial charge in [0.1, 0.15) is 5.75 Å². The second-order valence-electron chi connectivity index (χ2n) is 4.71. The zero-order chi connectivity index (χ0) is 15.7. The SMILES string of the molecule is CCC(C)NC(N)=NCCNC(=O)c1cccc(OC)c1. The fourth-order valence-corrected chi connectivity index (χ4v) is 1.61. The summed E-state index contributed by atoms with van der Waals surface area (Å²) in [5.74, 6) is 0.903. The number of carbonyl (C=O) groups is 1. The molecule has 1 rings (SSSR count). The van der Waals surface area contributed by atoms with Crippen molar-refractivity contribution in [3.05, 3.63) is 29.8 Å². The van der Waals surface area contributed by atoms with Gasteiger partial charge < -0.3 is 21.1 Å². The molecule has 0 spiro atoms. The summed E-state index contributed by atoms with van der Waals surface area (Å²) in [5.41, 5.74) is 6.29. The Morgan fingerprint density at radius 3 is 2.90 bits per heavy atom. The van der Waals surface area contributed by atoms with Crippen molar-refractivity contribution in [2.24, 2.45) is 10.7 Å². The van der Waals surface area contributed by atoms with E-state index in [2.05, 4.69) is 22.5 Å². The van der Waals surface area contributed by atoms with Crippen LogP contribution in [0, 0.1) is 0 Å². The quantitative estimate of drug-likeness (QED) is 0.399. The molecule has 0 aliphatic heterocycles. The number of amides is 1. The van der Waals surface area contributed by atoms with Gasteiger partial charge in [-0.2, -0.15) is 0 Å². The van der Waals surface area contributed by atoms with E-state index in [9.17, 15) is 4.79 Å². The fraction of sp³-hybridized carbons (Fsp3) is 0.467. The van der Waals surface area contributed by atoms with E-state index < -0.39 is 0 Å². The van der Waals surface area contributed by atoms with Crippen molar-refractivity contribution < 1.29 is 9.53 Å². The van der Waals surface area contributed by atoms with Gasteiger partial charge in [0.15, 0.2) is 5.96 Å². The first-order valence-corrected chi connectivity index (χ1v) is 7.05. The topological polar surface area (TPSA) is 88.7 Å². The Kier molecular flexibility index (Phi) is 7.08. The Morgan fingerprint density at radius 2 is 2.24 bits per heavy atom. The predicted octanol–water partition coefficient (Wildman–Crippen LogP) is 1.13. The Morgan fingerprint density at radius 1 is 1.48 bits per heavy atom. The smallest absolute Gasteiger partial charge is 0.251 e. The highest BCUT2D eigenvalue weighted by Crippen LogP contribution is 2.12. The van der Waals surface area contributed by atoms with Crippen LogP contribution in [0.5, 0.6) is 5.75 Å². The largest absolute Gasteiger partial charge is 0.497 e. The van der Waals surface area contributed by atoms with Crippen LogP contribution in [0.2, 0.25) is 0 Å². The van der Waals surface area contributed by atoms with E-state index >= 15 is 0 Å². The molecule has 0 radical (unpaired) electrons. The van der Waals surface area contributed by atoms with Crippen LogP contribution < -0.4 is 21.1 Å². The lowest BCUT2D eigenvalue weighted by atomic mass is 10.2. The molecule has 6 heteroatoms. The van der Waals surface area contributed by atoms with Crippen molar-refractivity contribution in [2.45, 2.75) is 26.3 Å². The average Bonchev–Trinajstić information content (AvgIpc) is 2.51. The number of aliphatic imine (C=N–C) groups is 1. The Balaban J connectivity index is 2.38. The molecule has 0 heterocycles. The summed E-state index contributed by atoms with van der Waals surface area (Å²) in [6.07, 6.45) is 0.975. The molecule has 6 nitrogen and oxygen atoms in total. The van der Waals surface area contributed by atoms with Crippen molar-refractivity contribution >= 4 is 11.9 Å². The van der Waals surface area contributed by atoms with Crippen LogP contribution in [0.25, 0.3) is 0 Å². The van der Waals surface area contributed by atoms with Crippen LogP contribution in [0.1, 0.15) is 30.6 Å². The maximum atomic E-state index is 11.9. The van der Waals surface area contributed by atoms with Crippen LogP contribution in [-0.4, -0.2) is 38.1 Å². The minimum absolute atomic E-state index is 0.155. The molecule has 0 aliphatic carbocycles. The van der Waals surface area contributed by atoms with Crippen LogP contribution in [0.3, 0.4) is 0 Å². The van der Waals surface area contributed by atoms with Gasteiger partial charge in [-0.15, -0.1) is 0 Å². The predicted molar refractivity (Wildman–Crippen MR) is 84.7 cm³/mol. The molecule has 116 valence electrons. The first kappa shape index (κ1) is 16.8. The molecule has 0 aliphatic rings. The average molecular weight is 292 g/mol. The van der Waals surface area contributed by atoms with Crippen molar-refractivity contribution in [3.8, 4) is 5.75 Å². The summed E-state index contributed by atoms with van der Waals surface area (Å²) in [6, 6.07) is 7.29. The second-order valence-corrected chi connectivity index (χ2v) is 4.71.